The van der Waals surface area contributed by atoms with E-state index in [1.807, 2.05) is 0 Å². The van der Waals surface area contributed by atoms with E-state index < -0.39 is 0 Å². The van der Waals surface area contributed by atoms with Crippen LogP contribution in [0.1, 0.15) is 66.8 Å². The topological polar surface area (TPSA) is 0 Å². The molecule has 0 fully saturated rings. The predicted molar refractivity (Wildman–Crippen MR) is 148 cm³/mol. The molecule has 9 rings (SSSR count). The summed E-state index contributed by atoms with van der Waals surface area (Å²) in [5.74, 6) is 0. The quantitative estimate of drug-likeness (QED) is 0.256. The molecule has 0 heteroatoms. The van der Waals surface area contributed by atoms with Gasteiger partial charge in [-0.25, -0.2) is 0 Å². The molecule has 4 aromatic carbocycles. The Bertz CT molecular complexity index is 1400. The van der Waals surface area contributed by atoms with Crippen LogP contribution in [0.25, 0.3) is 22.3 Å². The normalized spacial score (nSPS) is 17.8. The van der Waals surface area contributed by atoms with Gasteiger partial charge in [-0.3, -0.25) is 0 Å². The zero-order valence-corrected chi connectivity index (χ0v) is 21.1. The molecule has 0 N–H and O–H groups in total. The van der Waals surface area contributed by atoms with Crippen molar-refractivity contribution in [1.29, 1.82) is 0 Å². The van der Waals surface area contributed by atoms with E-state index in [0.29, 0.717) is 0 Å². The second-order valence-corrected chi connectivity index (χ2v) is 12.0. The highest BCUT2D eigenvalue weighted by atomic mass is 14.4. The first-order valence-corrected chi connectivity index (χ1v) is 14.4. The van der Waals surface area contributed by atoms with Crippen molar-refractivity contribution < 1.29 is 0 Å². The van der Waals surface area contributed by atoms with Crippen molar-refractivity contribution in [2.24, 2.45) is 0 Å². The van der Waals surface area contributed by atoms with E-state index in [1.54, 1.807) is 89.0 Å². The summed E-state index contributed by atoms with van der Waals surface area (Å²) in [4.78, 5) is 0. The molecule has 0 saturated carbocycles. The Morgan fingerprint density at radius 3 is 0.861 bits per heavy atom. The van der Waals surface area contributed by atoms with Gasteiger partial charge in [0.25, 0.3) is 0 Å². The third-order valence-corrected chi connectivity index (χ3v) is 10.3. The molecule has 5 aliphatic carbocycles. The van der Waals surface area contributed by atoms with E-state index >= 15 is 0 Å². The number of hydrogen-bond acceptors (Lipinski definition) is 0. The highest BCUT2D eigenvalue weighted by Gasteiger charge is 2.32. The van der Waals surface area contributed by atoms with Crippen molar-refractivity contribution in [2.45, 2.75) is 77.0 Å². The largest absolute Gasteiger partial charge is 0.0617 e. The van der Waals surface area contributed by atoms with Gasteiger partial charge in [-0.15, -0.1) is 0 Å². The zero-order valence-electron chi connectivity index (χ0n) is 21.1. The lowest BCUT2D eigenvalue weighted by molar-refractivity contribution is 0.792. The van der Waals surface area contributed by atoms with Crippen LogP contribution in [0.5, 0.6) is 0 Å². The van der Waals surface area contributed by atoms with Crippen LogP contribution in [0.3, 0.4) is 0 Å². The Hall–Kier alpha value is -3.12. The molecule has 0 aliphatic heterocycles. The van der Waals surface area contributed by atoms with Gasteiger partial charge in [0, 0.05) is 0 Å². The molecule has 0 saturated heterocycles. The fourth-order valence-corrected chi connectivity index (χ4v) is 8.77. The highest BCUT2D eigenvalue weighted by Crippen LogP contribution is 2.48. The van der Waals surface area contributed by atoms with Gasteiger partial charge in [0.1, 0.15) is 0 Å². The monoisotopic (exact) mass is 464 g/mol. The number of rotatable bonds is 0. The summed E-state index contributed by atoms with van der Waals surface area (Å²) >= 11 is 0. The van der Waals surface area contributed by atoms with Gasteiger partial charge < -0.3 is 0 Å². The molecular weight excluding hydrogens is 432 g/mol. The van der Waals surface area contributed by atoms with E-state index in [4.69, 9.17) is 0 Å². The van der Waals surface area contributed by atoms with Gasteiger partial charge in [0.2, 0.25) is 0 Å². The number of benzene rings is 4. The molecule has 36 heavy (non-hydrogen) atoms. The first-order valence-electron chi connectivity index (χ1n) is 14.4. The minimum Gasteiger partial charge on any atom is -0.0617 e. The lowest BCUT2D eigenvalue weighted by Gasteiger charge is -2.35. The van der Waals surface area contributed by atoms with Crippen LogP contribution in [-0.2, 0) is 77.0 Å². The Morgan fingerprint density at radius 1 is 0.278 bits per heavy atom. The molecule has 0 atom stereocenters. The minimum absolute atomic E-state index is 1.20. The van der Waals surface area contributed by atoms with Crippen molar-refractivity contribution in [3.8, 4) is 22.3 Å². The summed E-state index contributed by atoms with van der Waals surface area (Å²) in [6, 6.07) is 19.6. The number of fused-ring (bicyclic) bond motifs is 8. The van der Waals surface area contributed by atoms with Crippen LogP contribution in [0.2, 0.25) is 0 Å². The standard InChI is InChI=1S/C36H32/c1-3-21-11-15-29-25-7-9-27-20-28(10-8-26(19-25)30-16-12-22(4-1)33(21)35(29)30)32-18-14-24-6-2-5-23-13-17-31(27)36(32)34(23)24/h1-6,19-20H,7-18H2. The SMILES string of the molecule is c1cc2c3c(c1)CCc1c4cc(c(c1-3)CC2)CCc1cc(c2c3c1CCc1cccc(c1-3)CC2)CC4. The van der Waals surface area contributed by atoms with E-state index in [9.17, 15) is 0 Å². The third kappa shape index (κ3) is 2.60. The van der Waals surface area contributed by atoms with Crippen LogP contribution >= 0.6 is 0 Å². The van der Waals surface area contributed by atoms with Gasteiger partial charge in [-0.05, 0) is 166 Å². The molecule has 4 bridgehead atoms. The lowest BCUT2D eigenvalue weighted by Crippen LogP contribution is -2.21. The fraction of sp³-hybridized carbons (Fsp3) is 0.333. The maximum Gasteiger partial charge on any atom is -0.0109 e. The lowest BCUT2D eigenvalue weighted by atomic mass is 9.69. The van der Waals surface area contributed by atoms with E-state index in [1.165, 1.54) is 77.0 Å². The van der Waals surface area contributed by atoms with Gasteiger partial charge in [-0.1, -0.05) is 48.5 Å². The predicted octanol–water partition coefficient (Wildman–Crippen LogP) is 7.30. The molecule has 4 aromatic rings. The second-order valence-electron chi connectivity index (χ2n) is 12.0. The van der Waals surface area contributed by atoms with Crippen LogP contribution in [0.4, 0.5) is 0 Å². The highest BCUT2D eigenvalue weighted by molar-refractivity contribution is 5.84. The second kappa shape index (κ2) is 7.22. The first-order chi connectivity index (χ1) is 17.8. The average Bonchev–Trinajstić information content (AvgIpc) is 2.93. The Balaban J connectivity index is 1.25. The third-order valence-electron chi connectivity index (χ3n) is 10.3. The van der Waals surface area contributed by atoms with Crippen molar-refractivity contribution in [3.05, 3.63) is 115 Å². The molecule has 0 amide bonds. The van der Waals surface area contributed by atoms with Crippen LogP contribution in [-0.4, -0.2) is 0 Å². The minimum atomic E-state index is 1.20. The molecule has 0 aromatic heterocycles. The van der Waals surface area contributed by atoms with E-state index in [-0.39, 0.29) is 0 Å². The van der Waals surface area contributed by atoms with Crippen molar-refractivity contribution in [1.82, 2.24) is 0 Å². The molecular formula is C36H32. The smallest absolute Gasteiger partial charge is 0.0109 e. The first kappa shape index (κ1) is 20.0. The van der Waals surface area contributed by atoms with Gasteiger partial charge >= 0.3 is 0 Å². The summed E-state index contributed by atoms with van der Waals surface area (Å²) in [7, 11) is 0. The van der Waals surface area contributed by atoms with Crippen molar-refractivity contribution in [3.63, 3.8) is 0 Å². The molecule has 176 valence electrons. The van der Waals surface area contributed by atoms with E-state index in [0.717, 1.165) is 0 Å². The van der Waals surface area contributed by atoms with Crippen molar-refractivity contribution in [2.75, 3.05) is 0 Å². The summed E-state index contributed by atoms with van der Waals surface area (Å²) in [6.45, 7) is 0. The Morgan fingerprint density at radius 2 is 0.556 bits per heavy atom. The molecule has 0 radical (unpaired) electrons. The summed E-state index contributed by atoms with van der Waals surface area (Å²) in [6.07, 6.45) is 14.6. The van der Waals surface area contributed by atoms with Crippen LogP contribution < -0.4 is 0 Å². The average molecular weight is 465 g/mol. The zero-order chi connectivity index (χ0) is 23.4. The maximum atomic E-state index is 2.67. The molecule has 0 nitrogen and oxygen atoms in total. The van der Waals surface area contributed by atoms with E-state index in [2.05, 4.69) is 48.5 Å². The molecule has 0 spiro atoms. The maximum absolute atomic E-state index is 2.67. The molecule has 0 unspecified atom stereocenters. The summed E-state index contributed by atoms with van der Waals surface area (Å²) in [5, 5.41) is 0. The fourth-order valence-electron chi connectivity index (χ4n) is 8.77. The van der Waals surface area contributed by atoms with Crippen molar-refractivity contribution >= 4 is 0 Å². The van der Waals surface area contributed by atoms with Crippen LogP contribution in [0.15, 0.2) is 48.5 Å². The van der Waals surface area contributed by atoms with Crippen LogP contribution in [0, 0.1) is 0 Å². The van der Waals surface area contributed by atoms with Gasteiger partial charge in [0.15, 0.2) is 0 Å². The molecule has 0 heterocycles. The number of hydrogen-bond donors (Lipinski definition) is 0. The Labute approximate surface area is 214 Å². The summed E-state index contributed by atoms with van der Waals surface area (Å²) in [5.41, 5.74) is 26.5. The summed E-state index contributed by atoms with van der Waals surface area (Å²) < 4.78 is 0. The van der Waals surface area contributed by atoms with Gasteiger partial charge in [0.05, 0.1) is 0 Å². The number of aryl methyl sites for hydroxylation is 8. The van der Waals surface area contributed by atoms with Gasteiger partial charge in [-0.2, -0.15) is 0 Å². The Kier molecular flexibility index (Phi) is 4.01. The molecule has 5 aliphatic rings.